The van der Waals surface area contributed by atoms with Gasteiger partial charge in [-0.2, -0.15) is 0 Å². The number of amides is 1. The van der Waals surface area contributed by atoms with Crippen LogP contribution in [-0.4, -0.2) is 68.5 Å². The molecule has 0 spiro atoms. The molecular weight excluding hydrogens is 719 g/mol. The van der Waals surface area contributed by atoms with Gasteiger partial charge in [-0.3, -0.25) is 9.36 Å². The van der Waals surface area contributed by atoms with E-state index < -0.39 is 26.6 Å². The van der Waals surface area contributed by atoms with Crippen LogP contribution in [0.5, 0.6) is 0 Å². The Hall–Kier alpha value is -2.06. The van der Waals surface area contributed by atoms with E-state index in [2.05, 4.69) is 79.9 Å². The van der Waals surface area contributed by atoms with Gasteiger partial charge in [-0.15, -0.1) is 0 Å². The van der Waals surface area contributed by atoms with Gasteiger partial charge in [0.05, 0.1) is 39.9 Å². The Morgan fingerprint density at radius 1 is 0.643 bits per heavy atom. The van der Waals surface area contributed by atoms with E-state index in [-0.39, 0.29) is 12.5 Å². The van der Waals surface area contributed by atoms with Gasteiger partial charge in [0.2, 0.25) is 5.91 Å². The van der Waals surface area contributed by atoms with Crippen molar-refractivity contribution in [3.8, 4) is 0 Å². The molecule has 0 radical (unpaired) electrons. The smallest absolute Gasteiger partial charge is 0.268 e. The van der Waals surface area contributed by atoms with Crippen LogP contribution in [0, 0.1) is 0 Å². The van der Waals surface area contributed by atoms with Crippen molar-refractivity contribution in [2.45, 2.75) is 180 Å². The molecule has 324 valence electrons. The number of carbonyl (C=O) groups excluding carboxylic acids is 1. The number of aliphatic hydroxyl groups excluding tert-OH is 1. The minimum Gasteiger partial charge on any atom is -0.756 e. The third-order valence-corrected chi connectivity index (χ3v) is 10.3. The highest BCUT2D eigenvalue weighted by atomic mass is 31.2. The van der Waals surface area contributed by atoms with Crippen LogP contribution < -0.4 is 10.2 Å². The number of hydrogen-bond acceptors (Lipinski definition) is 6. The van der Waals surface area contributed by atoms with E-state index in [0.29, 0.717) is 17.4 Å². The van der Waals surface area contributed by atoms with Crippen LogP contribution in [0.2, 0.25) is 0 Å². The molecule has 0 aliphatic rings. The molecule has 0 saturated carbocycles. The molecule has 0 fully saturated rings. The minimum atomic E-state index is -4.61. The molecule has 0 aromatic rings. The monoisotopic (exact) mass is 805 g/mol. The van der Waals surface area contributed by atoms with Crippen molar-refractivity contribution in [1.82, 2.24) is 5.32 Å². The number of nitrogens with zero attached hydrogens (tertiary/aromatic N) is 1. The molecule has 0 rings (SSSR count). The van der Waals surface area contributed by atoms with E-state index in [9.17, 15) is 19.4 Å². The van der Waals surface area contributed by atoms with Gasteiger partial charge in [0.15, 0.2) is 0 Å². The van der Waals surface area contributed by atoms with Gasteiger partial charge in [0, 0.05) is 6.42 Å². The van der Waals surface area contributed by atoms with Crippen molar-refractivity contribution < 1.29 is 32.9 Å². The number of nitrogens with one attached hydrogen (secondary N) is 1. The minimum absolute atomic E-state index is 0.0161. The molecule has 0 aliphatic heterocycles. The SMILES string of the molecule is CC/C=C\C/C=C\C/C=C\CCCCCCCC(=O)NC(COP(=O)([O-])OCC[N+](C)(C)C)C(O)/C=C/CC/C=C/CC/C=C/CCCCCCCCCCC. The van der Waals surface area contributed by atoms with E-state index >= 15 is 0 Å². The topological polar surface area (TPSA) is 108 Å². The number of allylic oxidation sites excluding steroid dienone is 11. The van der Waals surface area contributed by atoms with Gasteiger partial charge in [-0.1, -0.05) is 157 Å². The summed E-state index contributed by atoms with van der Waals surface area (Å²) in [5, 5.41) is 13.7. The number of carbonyl (C=O) groups is 1. The van der Waals surface area contributed by atoms with Gasteiger partial charge in [-0.25, -0.2) is 0 Å². The molecular formula is C47H85N2O6P. The van der Waals surface area contributed by atoms with E-state index in [0.717, 1.165) is 83.5 Å². The molecule has 0 aromatic carbocycles. The van der Waals surface area contributed by atoms with Crippen molar-refractivity contribution >= 4 is 13.7 Å². The first-order valence-electron chi connectivity index (χ1n) is 22.3. The zero-order valence-corrected chi connectivity index (χ0v) is 37.5. The maximum absolute atomic E-state index is 12.8. The largest absolute Gasteiger partial charge is 0.756 e. The van der Waals surface area contributed by atoms with Crippen LogP contribution in [0.15, 0.2) is 72.9 Å². The van der Waals surface area contributed by atoms with Gasteiger partial charge in [0.25, 0.3) is 7.82 Å². The molecule has 2 N–H and O–H groups in total. The van der Waals surface area contributed by atoms with Crippen LogP contribution in [0.4, 0.5) is 0 Å². The normalized spacial score (nSPS) is 15.1. The van der Waals surface area contributed by atoms with Crippen LogP contribution >= 0.6 is 7.82 Å². The average molecular weight is 805 g/mol. The van der Waals surface area contributed by atoms with E-state index in [1.54, 1.807) is 6.08 Å². The molecule has 8 nitrogen and oxygen atoms in total. The first-order chi connectivity index (χ1) is 27.0. The maximum atomic E-state index is 12.8. The highest BCUT2D eigenvalue weighted by molar-refractivity contribution is 7.45. The Bertz CT molecular complexity index is 1140. The Balaban J connectivity index is 4.55. The van der Waals surface area contributed by atoms with E-state index in [1.165, 1.54) is 64.2 Å². The maximum Gasteiger partial charge on any atom is 0.268 e. The van der Waals surface area contributed by atoms with Crippen molar-refractivity contribution in [3.63, 3.8) is 0 Å². The van der Waals surface area contributed by atoms with E-state index in [4.69, 9.17) is 9.05 Å². The third kappa shape index (κ3) is 40.1. The second-order valence-electron chi connectivity index (χ2n) is 16.0. The molecule has 0 aromatic heterocycles. The van der Waals surface area contributed by atoms with Crippen molar-refractivity contribution in [2.75, 3.05) is 40.9 Å². The molecule has 56 heavy (non-hydrogen) atoms. The van der Waals surface area contributed by atoms with Crippen LogP contribution in [-0.2, 0) is 18.4 Å². The number of unbranched alkanes of at least 4 members (excludes halogenated alkanes) is 16. The lowest BCUT2D eigenvalue weighted by molar-refractivity contribution is -0.870. The number of hydrogen-bond donors (Lipinski definition) is 2. The summed E-state index contributed by atoms with van der Waals surface area (Å²) >= 11 is 0. The number of phosphoric acid groups is 1. The Kier molecular flexibility index (Phi) is 37.0. The molecule has 0 saturated heterocycles. The quantitative estimate of drug-likeness (QED) is 0.0277. The molecule has 9 heteroatoms. The van der Waals surface area contributed by atoms with Gasteiger partial charge in [0.1, 0.15) is 13.2 Å². The summed E-state index contributed by atoms with van der Waals surface area (Å²) in [7, 11) is 1.21. The molecule has 0 heterocycles. The zero-order valence-electron chi connectivity index (χ0n) is 36.6. The Morgan fingerprint density at radius 3 is 1.66 bits per heavy atom. The summed E-state index contributed by atoms with van der Waals surface area (Å²) in [5.74, 6) is -0.232. The predicted molar refractivity (Wildman–Crippen MR) is 237 cm³/mol. The average Bonchev–Trinajstić information content (AvgIpc) is 3.15. The van der Waals surface area contributed by atoms with E-state index in [1.807, 2.05) is 27.2 Å². The molecule has 0 bridgehead atoms. The molecule has 0 aliphatic carbocycles. The molecule has 1 amide bonds. The lowest BCUT2D eigenvalue weighted by Gasteiger charge is -2.29. The third-order valence-electron chi connectivity index (χ3n) is 9.38. The standard InChI is InChI=1S/C47H85N2O6P/c1-6-8-10-12-14-16-18-20-22-23-24-25-27-28-30-32-34-36-38-40-46(50)45(44-55-56(52,53)54-43-42-49(3,4)5)48-47(51)41-39-37-35-33-31-29-26-21-19-17-15-13-11-9-7-2/h9,11,15,17,21,24-26,30,32,38,40,45-46,50H,6-8,10,12-14,16,18-20,22-23,27-29,31,33-37,39,41-44H2,1-5H3,(H-,48,51,52,53)/b11-9-,17-15-,25-24+,26-21-,32-30+,40-38+. The summed E-state index contributed by atoms with van der Waals surface area (Å²) < 4.78 is 23.2. The second kappa shape index (κ2) is 38.5. The Morgan fingerprint density at radius 2 is 1.11 bits per heavy atom. The van der Waals surface area contributed by atoms with Crippen LogP contribution in [0.3, 0.4) is 0 Å². The lowest BCUT2D eigenvalue weighted by Crippen LogP contribution is -2.45. The number of aliphatic hydroxyl groups is 1. The summed E-state index contributed by atoms with van der Waals surface area (Å²) in [6, 6.07) is -0.921. The summed E-state index contributed by atoms with van der Waals surface area (Å²) in [6.45, 7) is 4.47. The zero-order chi connectivity index (χ0) is 41.4. The number of quaternary nitrogens is 1. The molecule has 3 unspecified atom stereocenters. The summed E-state index contributed by atoms with van der Waals surface area (Å²) in [5.41, 5.74) is 0. The first-order valence-corrected chi connectivity index (χ1v) is 23.8. The number of rotatable bonds is 39. The lowest BCUT2D eigenvalue weighted by atomic mass is 10.1. The predicted octanol–water partition coefficient (Wildman–Crippen LogP) is 11.8. The highest BCUT2D eigenvalue weighted by Crippen LogP contribution is 2.38. The van der Waals surface area contributed by atoms with Gasteiger partial charge < -0.3 is 28.8 Å². The number of likely N-dealkylation sites (N-methyl/N-ethyl adjacent to an activating group) is 1. The number of phosphoric ester groups is 1. The highest BCUT2D eigenvalue weighted by Gasteiger charge is 2.23. The van der Waals surface area contributed by atoms with Crippen LogP contribution in [0.1, 0.15) is 168 Å². The second-order valence-corrected chi connectivity index (χ2v) is 17.4. The van der Waals surface area contributed by atoms with Crippen molar-refractivity contribution in [1.29, 1.82) is 0 Å². The summed E-state index contributed by atoms with van der Waals surface area (Å²) in [6.07, 6.45) is 50.9. The van der Waals surface area contributed by atoms with Crippen LogP contribution in [0.25, 0.3) is 0 Å². The van der Waals surface area contributed by atoms with Gasteiger partial charge >= 0.3 is 0 Å². The van der Waals surface area contributed by atoms with Gasteiger partial charge in [-0.05, 0) is 77.0 Å². The fourth-order valence-electron chi connectivity index (χ4n) is 5.84. The van der Waals surface area contributed by atoms with Crippen molar-refractivity contribution in [2.24, 2.45) is 0 Å². The molecule has 3 atom stereocenters. The fraction of sp³-hybridized carbons (Fsp3) is 0.723. The Labute approximate surface area is 344 Å². The summed E-state index contributed by atoms with van der Waals surface area (Å²) in [4.78, 5) is 25.3. The fourth-order valence-corrected chi connectivity index (χ4v) is 6.57. The first kappa shape index (κ1) is 53.9. The van der Waals surface area contributed by atoms with Crippen molar-refractivity contribution in [3.05, 3.63) is 72.9 Å².